The lowest BCUT2D eigenvalue weighted by Gasteiger charge is -2.32. The molecule has 1 unspecified atom stereocenters. The number of nitrogens with one attached hydrogen (secondary N) is 2. The maximum Gasteiger partial charge on any atom is 0.252 e. The molecular formula is C15H20N2O3. The van der Waals surface area contributed by atoms with E-state index in [-0.39, 0.29) is 18.2 Å². The van der Waals surface area contributed by atoms with Crippen molar-refractivity contribution in [3.05, 3.63) is 36.0 Å². The van der Waals surface area contributed by atoms with Crippen LogP contribution in [0.1, 0.15) is 33.6 Å². The van der Waals surface area contributed by atoms with Crippen LogP contribution in [0.5, 0.6) is 0 Å². The molecule has 1 fully saturated rings. The molecule has 2 N–H and O–H groups in total. The van der Waals surface area contributed by atoms with E-state index < -0.39 is 11.4 Å². The molecule has 5 nitrogen and oxygen atoms in total. The van der Waals surface area contributed by atoms with Crippen LogP contribution < -0.4 is 10.6 Å². The van der Waals surface area contributed by atoms with E-state index in [0.717, 1.165) is 0 Å². The van der Waals surface area contributed by atoms with Crippen molar-refractivity contribution >= 4 is 17.7 Å². The number of imide groups is 1. The van der Waals surface area contributed by atoms with Crippen molar-refractivity contribution in [1.82, 2.24) is 10.6 Å². The van der Waals surface area contributed by atoms with Gasteiger partial charge in [-0.1, -0.05) is 24.3 Å². The average Bonchev–Trinajstić information content (AvgIpc) is 2.39. The van der Waals surface area contributed by atoms with Crippen LogP contribution in [0.25, 0.3) is 0 Å². The zero-order valence-electron chi connectivity index (χ0n) is 12.0. The molecule has 108 valence electrons. The predicted molar refractivity (Wildman–Crippen MR) is 76.6 cm³/mol. The summed E-state index contributed by atoms with van der Waals surface area (Å²) in [6, 6.07) is 0. The number of rotatable bonds is 4. The number of hydrogen-bond acceptors (Lipinski definition) is 3. The first-order chi connectivity index (χ1) is 9.42. The van der Waals surface area contributed by atoms with Crippen molar-refractivity contribution in [3.63, 3.8) is 0 Å². The fraction of sp³-hybridized carbons (Fsp3) is 0.400. The van der Waals surface area contributed by atoms with Gasteiger partial charge in [0.15, 0.2) is 0 Å². The van der Waals surface area contributed by atoms with Crippen molar-refractivity contribution < 1.29 is 14.4 Å². The first-order valence-electron chi connectivity index (χ1n) is 6.55. The Balaban J connectivity index is 2.87. The van der Waals surface area contributed by atoms with Crippen LogP contribution in [0.4, 0.5) is 0 Å². The van der Waals surface area contributed by atoms with E-state index in [2.05, 4.69) is 10.6 Å². The lowest BCUT2D eigenvalue weighted by molar-refractivity contribution is -0.140. The summed E-state index contributed by atoms with van der Waals surface area (Å²) in [6.45, 7) is 5.28. The Morgan fingerprint density at radius 3 is 2.55 bits per heavy atom. The topological polar surface area (TPSA) is 75.3 Å². The molecule has 0 aromatic heterocycles. The van der Waals surface area contributed by atoms with Gasteiger partial charge in [0, 0.05) is 12.0 Å². The summed E-state index contributed by atoms with van der Waals surface area (Å²) in [7, 11) is 0. The van der Waals surface area contributed by atoms with E-state index in [1.807, 2.05) is 19.9 Å². The monoisotopic (exact) mass is 276 g/mol. The lowest BCUT2D eigenvalue weighted by atomic mass is 9.90. The maximum atomic E-state index is 12.2. The van der Waals surface area contributed by atoms with Gasteiger partial charge in [0.05, 0.1) is 0 Å². The summed E-state index contributed by atoms with van der Waals surface area (Å²) in [4.78, 5) is 35.2. The molecule has 0 saturated carbocycles. The van der Waals surface area contributed by atoms with E-state index in [4.69, 9.17) is 0 Å². The molecule has 0 spiro atoms. The second kappa shape index (κ2) is 6.84. The van der Waals surface area contributed by atoms with E-state index in [1.54, 1.807) is 31.2 Å². The fourth-order valence-corrected chi connectivity index (χ4v) is 1.83. The van der Waals surface area contributed by atoms with Gasteiger partial charge in [-0.05, 0) is 33.3 Å². The highest BCUT2D eigenvalue weighted by molar-refractivity contribution is 6.06. The normalized spacial score (nSPS) is 24.2. The van der Waals surface area contributed by atoms with Crippen LogP contribution in [0.3, 0.4) is 0 Å². The van der Waals surface area contributed by atoms with Crippen LogP contribution in [0.2, 0.25) is 0 Å². The maximum absolute atomic E-state index is 12.2. The summed E-state index contributed by atoms with van der Waals surface area (Å²) in [5.41, 5.74) is -0.599. The van der Waals surface area contributed by atoms with Gasteiger partial charge in [-0.3, -0.25) is 19.7 Å². The summed E-state index contributed by atoms with van der Waals surface area (Å²) in [5.74, 6) is -1.11. The molecule has 0 radical (unpaired) electrons. The Morgan fingerprint density at radius 2 is 2.00 bits per heavy atom. The Labute approximate surface area is 118 Å². The van der Waals surface area contributed by atoms with Crippen LogP contribution in [-0.4, -0.2) is 23.3 Å². The van der Waals surface area contributed by atoms with E-state index in [0.29, 0.717) is 12.0 Å². The molecule has 3 amide bonds. The number of piperidine rings is 1. The van der Waals surface area contributed by atoms with Crippen molar-refractivity contribution in [3.8, 4) is 0 Å². The smallest absolute Gasteiger partial charge is 0.252 e. The third-order valence-corrected chi connectivity index (χ3v) is 3.07. The molecule has 1 saturated heterocycles. The molecule has 1 atom stereocenters. The highest BCUT2D eigenvalue weighted by atomic mass is 16.2. The SMILES string of the molecule is CC=C/C(=C\C=C/C)C(=O)NC1(C)CCC(=O)NC1=O. The van der Waals surface area contributed by atoms with Crippen LogP contribution in [0, 0.1) is 0 Å². The molecule has 0 bridgehead atoms. The number of hydrogen-bond donors (Lipinski definition) is 2. The molecule has 5 heteroatoms. The first kappa shape index (κ1) is 15.9. The molecule has 1 aliphatic rings. The van der Waals surface area contributed by atoms with E-state index in [1.165, 1.54) is 0 Å². The lowest BCUT2D eigenvalue weighted by Crippen LogP contribution is -2.61. The van der Waals surface area contributed by atoms with Gasteiger partial charge >= 0.3 is 0 Å². The molecule has 1 rings (SSSR count). The number of carbonyl (C=O) groups excluding carboxylic acids is 3. The van der Waals surface area contributed by atoms with Crippen LogP contribution in [-0.2, 0) is 14.4 Å². The van der Waals surface area contributed by atoms with Crippen molar-refractivity contribution in [1.29, 1.82) is 0 Å². The Morgan fingerprint density at radius 1 is 1.30 bits per heavy atom. The third kappa shape index (κ3) is 3.91. The van der Waals surface area contributed by atoms with Gasteiger partial charge in [0.1, 0.15) is 5.54 Å². The Bertz CT molecular complexity index is 503. The van der Waals surface area contributed by atoms with E-state index in [9.17, 15) is 14.4 Å². The highest BCUT2D eigenvalue weighted by Crippen LogP contribution is 2.18. The first-order valence-corrected chi connectivity index (χ1v) is 6.55. The third-order valence-electron chi connectivity index (χ3n) is 3.07. The highest BCUT2D eigenvalue weighted by Gasteiger charge is 2.39. The van der Waals surface area contributed by atoms with Crippen LogP contribution >= 0.6 is 0 Å². The summed E-state index contributed by atoms with van der Waals surface area (Å²) >= 11 is 0. The van der Waals surface area contributed by atoms with Crippen molar-refractivity contribution in [2.45, 2.75) is 39.2 Å². The number of allylic oxidation sites excluding steroid dienone is 4. The molecule has 1 aliphatic heterocycles. The molecule has 0 aliphatic carbocycles. The second-order valence-electron chi connectivity index (χ2n) is 4.81. The van der Waals surface area contributed by atoms with Gasteiger partial charge in [-0.2, -0.15) is 0 Å². The van der Waals surface area contributed by atoms with Gasteiger partial charge < -0.3 is 5.32 Å². The largest absolute Gasteiger partial charge is 0.338 e. The Hall–Kier alpha value is -2.17. The van der Waals surface area contributed by atoms with Gasteiger partial charge in [0.25, 0.3) is 11.8 Å². The standard InChI is InChI=1S/C15H20N2O3/c1-4-6-8-11(7-5-2)13(19)17-15(3)10-9-12(18)16-14(15)20/h4-8H,9-10H2,1-3H3,(H,17,19)(H,16,18,20)/b6-4-,7-5?,11-8+. The summed E-state index contributed by atoms with van der Waals surface area (Å²) < 4.78 is 0. The minimum Gasteiger partial charge on any atom is -0.338 e. The van der Waals surface area contributed by atoms with Gasteiger partial charge in [-0.15, -0.1) is 0 Å². The molecular weight excluding hydrogens is 256 g/mol. The Kier molecular flexibility index (Phi) is 5.43. The van der Waals surface area contributed by atoms with Crippen molar-refractivity contribution in [2.75, 3.05) is 0 Å². The zero-order valence-corrected chi connectivity index (χ0v) is 12.0. The number of carbonyl (C=O) groups is 3. The predicted octanol–water partition coefficient (Wildman–Crippen LogP) is 1.38. The molecule has 0 aromatic carbocycles. The zero-order chi connectivity index (χ0) is 15.2. The summed E-state index contributed by atoms with van der Waals surface area (Å²) in [5, 5.41) is 4.95. The molecule has 1 heterocycles. The second-order valence-corrected chi connectivity index (χ2v) is 4.81. The van der Waals surface area contributed by atoms with Gasteiger partial charge in [0.2, 0.25) is 5.91 Å². The molecule has 0 aromatic rings. The fourth-order valence-electron chi connectivity index (χ4n) is 1.83. The van der Waals surface area contributed by atoms with E-state index >= 15 is 0 Å². The summed E-state index contributed by atoms with van der Waals surface area (Å²) in [6.07, 6.45) is 9.18. The number of amides is 3. The van der Waals surface area contributed by atoms with Crippen molar-refractivity contribution in [2.24, 2.45) is 0 Å². The molecule has 20 heavy (non-hydrogen) atoms. The minimum atomic E-state index is -1.05. The minimum absolute atomic E-state index is 0.222. The quantitative estimate of drug-likeness (QED) is 0.463. The van der Waals surface area contributed by atoms with Crippen LogP contribution in [0.15, 0.2) is 36.0 Å². The van der Waals surface area contributed by atoms with Gasteiger partial charge in [-0.25, -0.2) is 0 Å². The average molecular weight is 276 g/mol.